The molecule has 2 fully saturated rings. The second-order valence-corrected chi connectivity index (χ2v) is 8.16. The first kappa shape index (κ1) is 23.5. The highest BCUT2D eigenvalue weighted by molar-refractivity contribution is 14.0. The summed E-state index contributed by atoms with van der Waals surface area (Å²) in [5.74, 6) is 1.08. The zero-order valence-electron chi connectivity index (χ0n) is 16.9. The largest absolute Gasteiger partial charge is 0.495 e. The zero-order valence-corrected chi connectivity index (χ0v) is 20.0. The number of nitrogens with zero attached hydrogens (tertiary/aromatic N) is 3. The first-order valence-corrected chi connectivity index (χ1v) is 10.2. The third kappa shape index (κ3) is 5.87. The summed E-state index contributed by atoms with van der Waals surface area (Å²) in [4.78, 5) is 9.82. The van der Waals surface area contributed by atoms with Gasteiger partial charge in [0, 0.05) is 11.2 Å². The Bertz CT molecular complexity index is 658. The normalized spacial score (nSPS) is 21.0. The van der Waals surface area contributed by atoms with Crippen LogP contribution in [0.2, 0.25) is 5.02 Å². The van der Waals surface area contributed by atoms with Crippen LogP contribution in [0.5, 0.6) is 5.75 Å². The SMILES string of the molecule is COc1ccc(NC(N)=NCC2(N3CCCCC3)CCN(C)CC2)cc1Cl.I. The Balaban J connectivity index is 0.00000280. The zero-order chi connectivity index (χ0) is 19.3. The molecule has 3 rings (SSSR count). The lowest BCUT2D eigenvalue weighted by atomic mass is 9.84. The minimum Gasteiger partial charge on any atom is -0.495 e. The van der Waals surface area contributed by atoms with Crippen LogP contribution in [0.15, 0.2) is 23.2 Å². The second kappa shape index (κ2) is 10.8. The fraction of sp³-hybridized carbons (Fsp3) is 0.650. The van der Waals surface area contributed by atoms with Gasteiger partial charge in [-0.05, 0) is 77.1 Å². The maximum absolute atomic E-state index is 6.19. The number of aliphatic imine (C=N–C) groups is 1. The van der Waals surface area contributed by atoms with Crippen LogP contribution in [-0.4, -0.2) is 68.2 Å². The Morgan fingerprint density at radius 1 is 1.21 bits per heavy atom. The van der Waals surface area contributed by atoms with Crippen molar-refractivity contribution in [1.29, 1.82) is 0 Å². The summed E-state index contributed by atoms with van der Waals surface area (Å²) in [5, 5.41) is 3.71. The fourth-order valence-corrected chi connectivity index (χ4v) is 4.40. The number of nitrogens with one attached hydrogen (secondary N) is 1. The van der Waals surface area contributed by atoms with E-state index < -0.39 is 0 Å². The molecule has 158 valence electrons. The van der Waals surface area contributed by atoms with Gasteiger partial charge in [0.1, 0.15) is 5.75 Å². The Kier molecular flexibility index (Phi) is 9.11. The molecule has 28 heavy (non-hydrogen) atoms. The molecular weight excluding hydrogens is 489 g/mol. The number of methoxy groups -OCH3 is 1. The summed E-state index contributed by atoms with van der Waals surface area (Å²) >= 11 is 6.19. The van der Waals surface area contributed by atoms with Crippen molar-refractivity contribution < 1.29 is 4.74 Å². The van der Waals surface area contributed by atoms with Crippen molar-refractivity contribution in [3.63, 3.8) is 0 Å². The van der Waals surface area contributed by atoms with Crippen LogP contribution >= 0.6 is 35.6 Å². The highest BCUT2D eigenvalue weighted by Crippen LogP contribution is 2.32. The van der Waals surface area contributed by atoms with Crippen LogP contribution in [0.1, 0.15) is 32.1 Å². The molecule has 6 nitrogen and oxygen atoms in total. The molecule has 1 aromatic rings. The average Bonchev–Trinajstić information content (AvgIpc) is 2.69. The van der Waals surface area contributed by atoms with E-state index in [1.807, 2.05) is 12.1 Å². The van der Waals surface area contributed by atoms with Crippen molar-refractivity contribution in [2.24, 2.45) is 10.7 Å². The van der Waals surface area contributed by atoms with Gasteiger partial charge >= 0.3 is 0 Å². The van der Waals surface area contributed by atoms with Crippen LogP contribution in [0.3, 0.4) is 0 Å². The van der Waals surface area contributed by atoms with Crippen LogP contribution in [0.25, 0.3) is 0 Å². The molecule has 0 aromatic heterocycles. The molecular formula is C20H33ClIN5O. The maximum Gasteiger partial charge on any atom is 0.193 e. The molecule has 2 heterocycles. The van der Waals surface area contributed by atoms with Crippen LogP contribution < -0.4 is 15.8 Å². The molecule has 0 amide bonds. The number of halogens is 2. The van der Waals surface area contributed by atoms with E-state index in [1.165, 1.54) is 32.4 Å². The van der Waals surface area contributed by atoms with Crippen molar-refractivity contribution in [2.75, 3.05) is 52.2 Å². The van der Waals surface area contributed by atoms with Gasteiger partial charge in [-0.1, -0.05) is 18.0 Å². The molecule has 1 aromatic carbocycles. The van der Waals surface area contributed by atoms with Gasteiger partial charge in [-0.25, -0.2) is 0 Å². The predicted molar refractivity (Wildman–Crippen MR) is 128 cm³/mol. The summed E-state index contributed by atoms with van der Waals surface area (Å²) in [6, 6.07) is 5.52. The average molecular weight is 522 g/mol. The Morgan fingerprint density at radius 3 is 2.50 bits per heavy atom. The van der Waals surface area contributed by atoms with Gasteiger partial charge in [0.15, 0.2) is 5.96 Å². The van der Waals surface area contributed by atoms with E-state index in [-0.39, 0.29) is 29.5 Å². The van der Waals surface area contributed by atoms with Gasteiger partial charge in [0.25, 0.3) is 0 Å². The van der Waals surface area contributed by atoms with Crippen molar-refractivity contribution in [3.05, 3.63) is 23.2 Å². The number of likely N-dealkylation sites (tertiary alicyclic amines) is 2. The van der Waals surface area contributed by atoms with E-state index in [4.69, 9.17) is 27.1 Å². The first-order chi connectivity index (χ1) is 13.0. The minimum atomic E-state index is 0. The third-order valence-corrected chi connectivity index (χ3v) is 6.21. The number of hydrogen-bond acceptors (Lipinski definition) is 4. The van der Waals surface area contributed by atoms with Gasteiger partial charge in [-0.3, -0.25) is 9.89 Å². The van der Waals surface area contributed by atoms with E-state index in [0.29, 0.717) is 16.7 Å². The molecule has 2 aliphatic rings. The van der Waals surface area contributed by atoms with Gasteiger partial charge < -0.3 is 20.7 Å². The molecule has 2 aliphatic heterocycles. The molecule has 0 radical (unpaired) electrons. The van der Waals surface area contributed by atoms with E-state index in [9.17, 15) is 0 Å². The number of benzene rings is 1. The molecule has 3 N–H and O–H groups in total. The van der Waals surface area contributed by atoms with Crippen molar-refractivity contribution in [3.8, 4) is 5.75 Å². The van der Waals surface area contributed by atoms with Crippen molar-refractivity contribution in [1.82, 2.24) is 9.80 Å². The predicted octanol–water partition coefficient (Wildman–Crippen LogP) is 3.64. The van der Waals surface area contributed by atoms with E-state index in [1.54, 1.807) is 13.2 Å². The van der Waals surface area contributed by atoms with Gasteiger partial charge in [0.2, 0.25) is 0 Å². The third-order valence-electron chi connectivity index (χ3n) is 5.91. The number of nitrogens with two attached hydrogens (primary N) is 1. The molecule has 2 saturated heterocycles. The summed E-state index contributed by atoms with van der Waals surface area (Å²) < 4.78 is 5.19. The summed E-state index contributed by atoms with van der Waals surface area (Å²) in [6.45, 7) is 5.34. The molecule has 0 bridgehead atoms. The van der Waals surface area contributed by atoms with E-state index in [0.717, 1.165) is 38.2 Å². The lowest BCUT2D eigenvalue weighted by Crippen LogP contribution is -2.58. The number of anilines is 1. The standard InChI is InChI=1S/C20H32ClN5O.HI/c1-25-12-8-20(9-13-25,26-10-4-3-5-11-26)15-23-19(22)24-16-6-7-18(27-2)17(21)14-16;/h6-7,14H,3-5,8-13,15H2,1-2H3,(H3,22,23,24);1H. The lowest BCUT2D eigenvalue weighted by molar-refractivity contribution is 0.0209. The second-order valence-electron chi connectivity index (χ2n) is 7.75. The van der Waals surface area contributed by atoms with E-state index in [2.05, 4.69) is 22.2 Å². The first-order valence-electron chi connectivity index (χ1n) is 9.86. The molecule has 0 unspecified atom stereocenters. The molecule has 0 saturated carbocycles. The summed E-state index contributed by atoms with van der Waals surface area (Å²) in [7, 11) is 3.80. The Labute approximate surface area is 190 Å². The highest BCUT2D eigenvalue weighted by atomic mass is 127. The number of guanidine groups is 1. The monoisotopic (exact) mass is 521 g/mol. The number of rotatable bonds is 5. The lowest BCUT2D eigenvalue weighted by Gasteiger charge is -2.49. The maximum atomic E-state index is 6.19. The van der Waals surface area contributed by atoms with Gasteiger partial charge in [0.05, 0.1) is 18.7 Å². The van der Waals surface area contributed by atoms with Crippen LogP contribution in [0.4, 0.5) is 5.69 Å². The molecule has 8 heteroatoms. The number of hydrogen-bond donors (Lipinski definition) is 2. The molecule has 0 atom stereocenters. The summed E-state index contributed by atoms with van der Waals surface area (Å²) in [6.07, 6.45) is 6.22. The quantitative estimate of drug-likeness (QED) is 0.352. The fourth-order valence-electron chi connectivity index (χ4n) is 4.14. The number of piperidine rings is 2. The number of ether oxygens (including phenoxy) is 1. The Hall–Kier alpha value is -0.770. The smallest absolute Gasteiger partial charge is 0.193 e. The highest BCUT2D eigenvalue weighted by Gasteiger charge is 2.39. The van der Waals surface area contributed by atoms with Crippen molar-refractivity contribution in [2.45, 2.75) is 37.6 Å². The molecule has 0 spiro atoms. The van der Waals surface area contributed by atoms with Crippen LogP contribution in [-0.2, 0) is 0 Å². The topological polar surface area (TPSA) is 66.1 Å². The minimum absolute atomic E-state index is 0. The Morgan fingerprint density at radius 2 is 1.89 bits per heavy atom. The summed E-state index contributed by atoms with van der Waals surface area (Å²) in [5.41, 5.74) is 7.15. The van der Waals surface area contributed by atoms with Crippen LogP contribution in [0, 0.1) is 0 Å². The van der Waals surface area contributed by atoms with Gasteiger partial charge in [-0.2, -0.15) is 0 Å². The van der Waals surface area contributed by atoms with Gasteiger partial charge in [-0.15, -0.1) is 24.0 Å². The molecule has 0 aliphatic carbocycles. The van der Waals surface area contributed by atoms with E-state index >= 15 is 0 Å². The van der Waals surface area contributed by atoms with Crippen molar-refractivity contribution >= 4 is 47.2 Å².